The van der Waals surface area contributed by atoms with Gasteiger partial charge in [0.2, 0.25) is 0 Å². The minimum atomic E-state index is 0. The molecule has 1 aliphatic heterocycles. The second-order valence-electron chi connectivity index (χ2n) is 3.40. The standard InChI is InChI=1S/C11H14NO.K/c1-9-2-4-10(5-3-9)11-8-12-6-7-13-11;/h2-5,11H,6-8H2,1H3;/q-1;+1. The minimum Gasteiger partial charge on any atom is -0.658 e. The molecule has 1 aromatic rings. The van der Waals surface area contributed by atoms with E-state index >= 15 is 0 Å². The van der Waals surface area contributed by atoms with Crippen molar-refractivity contribution >= 4 is 0 Å². The van der Waals surface area contributed by atoms with Gasteiger partial charge < -0.3 is 10.1 Å². The zero-order chi connectivity index (χ0) is 9.10. The maximum absolute atomic E-state index is 5.61. The van der Waals surface area contributed by atoms with Gasteiger partial charge in [0.15, 0.2) is 0 Å². The fraction of sp³-hybridized carbons (Fsp3) is 0.455. The van der Waals surface area contributed by atoms with E-state index in [0.717, 1.165) is 19.7 Å². The quantitative estimate of drug-likeness (QED) is 0.576. The fourth-order valence-corrected chi connectivity index (χ4v) is 1.50. The normalized spacial score (nSPS) is 21.4. The van der Waals surface area contributed by atoms with Crippen LogP contribution in [0.4, 0.5) is 0 Å². The summed E-state index contributed by atoms with van der Waals surface area (Å²) in [5.41, 5.74) is 2.53. The SMILES string of the molecule is Cc1ccc(C2C[N-]CCO2)cc1.[K+]. The van der Waals surface area contributed by atoms with Crippen molar-refractivity contribution in [1.29, 1.82) is 0 Å². The number of hydrogen-bond donors (Lipinski definition) is 0. The van der Waals surface area contributed by atoms with Crippen LogP contribution in [0.3, 0.4) is 0 Å². The maximum atomic E-state index is 5.61. The number of rotatable bonds is 1. The summed E-state index contributed by atoms with van der Waals surface area (Å²) in [6.07, 6.45) is 0.189. The molecule has 2 nitrogen and oxygen atoms in total. The molecule has 1 aromatic carbocycles. The third kappa shape index (κ3) is 3.42. The molecule has 0 spiro atoms. The van der Waals surface area contributed by atoms with E-state index in [0.29, 0.717) is 0 Å². The molecular formula is C11H14KNO. The first-order valence-corrected chi connectivity index (χ1v) is 4.68. The monoisotopic (exact) mass is 215 g/mol. The van der Waals surface area contributed by atoms with Crippen LogP contribution in [0, 0.1) is 6.92 Å². The molecule has 0 radical (unpaired) electrons. The predicted molar refractivity (Wildman–Crippen MR) is 53.0 cm³/mol. The third-order valence-corrected chi connectivity index (χ3v) is 2.31. The summed E-state index contributed by atoms with van der Waals surface area (Å²) in [6.45, 7) is 4.51. The Labute approximate surface area is 128 Å². The van der Waals surface area contributed by atoms with Gasteiger partial charge in [-0.25, -0.2) is 0 Å². The molecule has 1 saturated heterocycles. The second-order valence-corrected chi connectivity index (χ2v) is 3.40. The molecule has 1 aliphatic rings. The Morgan fingerprint density at radius 2 is 2.00 bits per heavy atom. The summed E-state index contributed by atoms with van der Waals surface area (Å²) in [5.74, 6) is 0. The predicted octanol–water partition coefficient (Wildman–Crippen LogP) is -0.556. The number of nitrogens with zero attached hydrogens (tertiary/aromatic N) is 1. The van der Waals surface area contributed by atoms with E-state index in [1.807, 2.05) is 0 Å². The van der Waals surface area contributed by atoms with Gasteiger partial charge in [-0.3, -0.25) is 0 Å². The number of morpholine rings is 1. The van der Waals surface area contributed by atoms with E-state index in [-0.39, 0.29) is 57.5 Å². The van der Waals surface area contributed by atoms with Gasteiger partial charge in [0.05, 0.1) is 6.10 Å². The van der Waals surface area contributed by atoms with E-state index in [1.165, 1.54) is 11.1 Å². The molecule has 1 unspecified atom stereocenters. The molecule has 2 rings (SSSR count). The molecule has 3 heteroatoms. The summed E-state index contributed by atoms with van der Waals surface area (Å²) in [5, 5.41) is 4.33. The van der Waals surface area contributed by atoms with Crippen molar-refractivity contribution in [2.75, 3.05) is 19.7 Å². The molecule has 14 heavy (non-hydrogen) atoms. The van der Waals surface area contributed by atoms with Gasteiger partial charge in [-0.15, -0.1) is 13.1 Å². The van der Waals surface area contributed by atoms with E-state index in [1.54, 1.807) is 0 Å². The molecule has 0 amide bonds. The van der Waals surface area contributed by atoms with Gasteiger partial charge in [0.25, 0.3) is 0 Å². The van der Waals surface area contributed by atoms with E-state index in [4.69, 9.17) is 4.74 Å². The van der Waals surface area contributed by atoms with Crippen LogP contribution in [0.5, 0.6) is 0 Å². The topological polar surface area (TPSA) is 23.3 Å². The van der Waals surface area contributed by atoms with Crippen LogP contribution in [0.25, 0.3) is 5.32 Å². The van der Waals surface area contributed by atoms with Crippen molar-refractivity contribution < 1.29 is 56.1 Å². The zero-order valence-electron chi connectivity index (χ0n) is 8.86. The van der Waals surface area contributed by atoms with Crippen LogP contribution in [-0.2, 0) is 4.74 Å². The number of hydrogen-bond acceptors (Lipinski definition) is 1. The Balaban J connectivity index is 0.000000980. The summed E-state index contributed by atoms with van der Waals surface area (Å²) in [6, 6.07) is 8.49. The van der Waals surface area contributed by atoms with Crippen molar-refractivity contribution in [3.63, 3.8) is 0 Å². The number of ether oxygens (including phenoxy) is 1. The molecule has 1 atom stereocenters. The number of benzene rings is 1. The van der Waals surface area contributed by atoms with Crippen molar-refractivity contribution in [3.05, 3.63) is 40.7 Å². The molecule has 0 N–H and O–H groups in total. The summed E-state index contributed by atoms with van der Waals surface area (Å²) in [7, 11) is 0. The van der Waals surface area contributed by atoms with Gasteiger partial charge >= 0.3 is 51.4 Å². The Morgan fingerprint density at radius 3 is 2.57 bits per heavy atom. The Kier molecular flexibility index (Phi) is 5.85. The van der Waals surface area contributed by atoms with Crippen LogP contribution in [0.15, 0.2) is 24.3 Å². The Hall–Kier alpha value is 0.776. The molecule has 0 saturated carbocycles. The van der Waals surface area contributed by atoms with Crippen molar-refractivity contribution in [1.82, 2.24) is 0 Å². The third-order valence-electron chi connectivity index (χ3n) is 2.31. The molecule has 0 aliphatic carbocycles. The van der Waals surface area contributed by atoms with E-state index < -0.39 is 0 Å². The average Bonchev–Trinajstić information content (AvgIpc) is 2.20. The second kappa shape index (κ2) is 6.38. The van der Waals surface area contributed by atoms with Gasteiger partial charge in [-0.05, 0) is 12.5 Å². The summed E-state index contributed by atoms with van der Waals surface area (Å²) >= 11 is 0. The molecule has 1 heterocycles. The maximum Gasteiger partial charge on any atom is 1.00 e. The van der Waals surface area contributed by atoms with Crippen molar-refractivity contribution in [2.24, 2.45) is 0 Å². The van der Waals surface area contributed by atoms with E-state index in [2.05, 4.69) is 36.5 Å². The Morgan fingerprint density at radius 1 is 1.29 bits per heavy atom. The van der Waals surface area contributed by atoms with Crippen LogP contribution < -0.4 is 51.4 Å². The first-order valence-electron chi connectivity index (χ1n) is 4.68. The minimum absolute atomic E-state index is 0. The van der Waals surface area contributed by atoms with Crippen LogP contribution in [-0.4, -0.2) is 19.7 Å². The van der Waals surface area contributed by atoms with Crippen molar-refractivity contribution in [2.45, 2.75) is 13.0 Å². The van der Waals surface area contributed by atoms with Crippen LogP contribution in [0.1, 0.15) is 17.2 Å². The summed E-state index contributed by atoms with van der Waals surface area (Å²) < 4.78 is 5.61. The van der Waals surface area contributed by atoms with Gasteiger partial charge in [0.1, 0.15) is 0 Å². The first kappa shape index (κ1) is 12.8. The Bertz CT molecular complexity index is 267. The van der Waals surface area contributed by atoms with Crippen molar-refractivity contribution in [3.8, 4) is 0 Å². The van der Waals surface area contributed by atoms with E-state index in [9.17, 15) is 0 Å². The molecular weight excluding hydrogens is 201 g/mol. The molecule has 1 fully saturated rings. The first-order chi connectivity index (χ1) is 6.36. The smallest absolute Gasteiger partial charge is 0.658 e. The summed E-state index contributed by atoms with van der Waals surface area (Å²) in [4.78, 5) is 0. The molecule has 70 valence electrons. The average molecular weight is 215 g/mol. The van der Waals surface area contributed by atoms with Gasteiger partial charge in [-0.1, -0.05) is 29.8 Å². The molecule has 0 aromatic heterocycles. The zero-order valence-corrected chi connectivity index (χ0v) is 12.0. The van der Waals surface area contributed by atoms with Crippen LogP contribution in [0.2, 0.25) is 0 Å². The molecule has 0 bridgehead atoms. The largest absolute Gasteiger partial charge is 1.00 e. The number of aryl methyl sites for hydroxylation is 1. The fourth-order valence-electron chi connectivity index (χ4n) is 1.50. The van der Waals surface area contributed by atoms with Gasteiger partial charge in [-0.2, -0.15) is 0 Å². The van der Waals surface area contributed by atoms with Crippen LogP contribution >= 0.6 is 0 Å². The van der Waals surface area contributed by atoms with Gasteiger partial charge in [0, 0.05) is 6.61 Å².